The van der Waals surface area contributed by atoms with Gasteiger partial charge in [-0.2, -0.15) is 0 Å². The van der Waals surface area contributed by atoms with E-state index in [1.165, 1.54) is 12.0 Å². The lowest BCUT2D eigenvalue weighted by atomic mass is 9.78. The number of nitrogens with two attached hydrogens (primary N) is 1. The maximum atomic E-state index is 6.34. The van der Waals surface area contributed by atoms with E-state index in [-0.39, 0.29) is 11.1 Å². The van der Waals surface area contributed by atoms with Crippen LogP contribution in [-0.4, -0.2) is 22.1 Å². The van der Waals surface area contributed by atoms with E-state index in [1.54, 1.807) is 0 Å². The number of nitrogens with one attached hydrogen (secondary N) is 1. The van der Waals surface area contributed by atoms with Crippen molar-refractivity contribution in [2.45, 2.75) is 64.2 Å². The normalized spacial score (nSPS) is 26.3. The van der Waals surface area contributed by atoms with Crippen LogP contribution in [0.1, 0.15) is 46.1 Å². The van der Waals surface area contributed by atoms with Gasteiger partial charge in [-0.15, -0.1) is 0 Å². The standard InChI is InChI=1S/C16H27N3/c1-15(2)11-10-14(16(3,4)19(15)17)18-12-13-8-6-5-7-9-13/h5-9,14,18H,10-12,17H2,1-4H3. The Morgan fingerprint density at radius 3 is 2.47 bits per heavy atom. The summed E-state index contributed by atoms with van der Waals surface area (Å²) in [6, 6.07) is 11.0. The zero-order valence-electron chi connectivity index (χ0n) is 12.6. The van der Waals surface area contributed by atoms with E-state index in [4.69, 9.17) is 5.84 Å². The summed E-state index contributed by atoms with van der Waals surface area (Å²) in [5, 5.41) is 5.71. The molecule has 3 nitrogen and oxygen atoms in total. The minimum atomic E-state index is -0.0312. The summed E-state index contributed by atoms with van der Waals surface area (Å²) in [5.74, 6) is 6.34. The molecule has 0 amide bonds. The van der Waals surface area contributed by atoms with E-state index in [9.17, 15) is 0 Å². The topological polar surface area (TPSA) is 41.3 Å². The highest BCUT2D eigenvalue weighted by atomic mass is 15.5. The highest BCUT2D eigenvalue weighted by molar-refractivity contribution is 5.15. The molecule has 3 heteroatoms. The van der Waals surface area contributed by atoms with Gasteiger partial charge in [-0.1, -0.05) is 30.3 Å². The van der Waals surface area contributed by atoms with Crippen molar-refractivity contribution in [3.63, 3.8) is 0 Å². The van der Waals surface area contributed by atoms with E-state index >= 15 is 0 Å². The predicted octanol–water partition coefficient (Wildman–Crippen LogP) is 2.67. The molecular weight excluding hydrogens is 234 g/mol. The molecule has 106 valence electrons. The van der Waals surface area contributed by atoms with Crippen molar-refractivity contribution in [3.8, 4) is 0 Å². The first-order valence-corrected chi connectivity index (χ1v) is 7.16. The second-order valence-corrected chi connectivity index (χ2v) is 6.79. The van der Waals surface area contributed by atoms with Gasteiger partial charge < -0.3 is 5.32 Å². The molecule has 0 radical (unpaired) electrons. The Bertz CT molecular complexity index is 411. The summed E-state index contributed by atoms with van der Waals surface area (Å²) in [6.45, 7) is 9.82. The third-order valence-corrected chi connectivity index (χ3v) is 4.57. The van der Waals surface area contributed by atoms with Gasteiger partial charge in [0, 0.05) is 23.7 Å². The molecule has 0 aromatic heterocycles. The van der Waals surface area contributed by atoms with Gasteiger partial charge in [0.2, 0.25) is 0 Å². The van der Waals surface area contributed by atoms with Gasteiger partial charge in [0.1, 0.15) is 0 Å². The quantitative estimate of drug-likeness (QED) is 0.822. The third kappa shape index (κ3) is 2.99. The number of rotatable bonds is 3. The Morgan fingerprint density at radius 1 is 1.21 bits per heavy atom. The minimum Gasteiger partial charge on any atom is -0.308 e. The van der Waals surface area contributed by atoms with Crippen LogP contribution in [-0.2, 0) is 6.54 Å². The predicted molar refractivity (Wildman–Crippen MR) is 80.5 cm³/mol. The van der Waals surface area contributed by atoms with Crippen LogP contribution in [0.2, 0.25) is 0 Å². The number of hydrazine groups is 1. The van der Waals surface area contributed by atoms with E-state index in [0.717, 1.165) is 13.0 Å². The summed E-state index contributed by atoms with van der Waals surface area (Å²) in [5.41, 5.74) is 1.37. The fourth-order valence-corrected chi connectivity index (χ4v) is 3.11. The monoisotopic (exact) mass is 261 g/mol. The largest absolute Gasteiger partial charge is 0.308 e. The van der Waals surface area contributed by atoms with Crippen molar-refractivity contribution in [2.75, 3.05) is 0 Å². The molecular formula is C16H27N3. The summed E-state index contributed by atoms with van der Waals surface area (Å²) in [7, 11) is 0. The third-order valence-electron chi connectivity index (χ3n) is 4.57. The van der Waals surface area contributed by atoms with Crippen LogP contribution in [0.5, 0.6) is 0 Å². The van der Waals surface area contributed by atoms with Crippen molar-refractivity contribution in [2.24, 2.45) is 5.84 Å². The molecule has 1 saturated heterocycles. The van der Waals surface area contributed by atoms with Crippen LogP contribution >= 0.6 is 0 Å². The highest BCUT2D eigenvalue weighted by Crippen LogP contribution is 2.35. The van der Waals surface area contributed by atoms with Gasteiger partial charge in [0.15, 0.2) is 0 Å². The van der Waals surface area contributed by atoms with Crippen molar-refractivity contribution < 1.29 is 0 Å². The van der Waals surface area contributed by atoms with Gasteiger partial charge in [0.05, 0.1) is 0 Å². The second kappa shape index (κ2) is 5.23. The zero-order valence-corrected chi connectivity index (χ0v) is 12.6. The van der Waals surface area contributed by atoms with Gasteiger partial charge in [0.25, 0.3) is 0 Å². The summed E-state index contributed by atoms with van der Waals surface area (Å²) in [4.78, 5) is 0. The highest BCUT2D eigenvalue weighted by Gasteiger charge is 2.45. The number of benzene rings is 1. The SMILES string of the molecule is CC1(C)CCC(NCc2ccccc2)C(C)(C)N1N. The first kappa shape index (κ1) is 14.5. The van der Waals surface area contributed by atoms with Crippen LogP contribution in [0.15, 0.2) is 30.3 Å². The Hall–Kier alpha value is -0.900. The Kier molecular flexibility index (Phi) is 4.00. The minimum absolute atomic E-state index is 0.0312. The summed E-state index contributed by atoms with van der Waals surface area (Å²) >= 11 is 0. The first-order valence-electron chi connectivity index (χ1n) is 7.16. The smallest absolute Gasteiger partial charge is 0.0454 e. The number of piperidine rings is 1. The van der Waals surface area contributed by atoms with Crippen LogP contribution < -0.4 is 11.2 Å². The summed E-state index contributed by atoms with van der Waals surface area (Å²) < 4.78 is 0. The average molecular weight is 261 g/mol. The molecule has 3 N–H and O–H groups in total. The first-order chi connectivity index (χ1) is 8.84. The molecule has 1 aromatic rings. The average Bonchev–Trinajstić information content (AvgIpc) is 2.37. The second-order valence-electron chi connectivity index (χ2n) is 6.79. The lowest BCUT2D eigenvalue weighted by Gasteiger charge is -2.54. The Morgan fingerprint density at radius 2 is 1.84 bits per heavy atom. The fraction of sp³-hybridized carbons (Fsp3) is 0.625. The van der Waals surface area contributed by atoms with Crippen molar-refractivity contribution in [1.29, 1.82) is 0 Å². The molecule has 1 aromatic carbocycles. The number of nitrogens with zero attached hydrogens (tertiary/aromatic N) is 1. The van der Waals surface area contributed by atoms with Gasteiger partial charge >= 0.3 is 0 Å². The molecule has 19 heavy (non-hydrogen) atoms. The Labute approximate surface area is 117 Å². The van der Waals surface area contributed by atoms with Crippen LogP contribution in [0.4, 0.5) is 0 Å². The van der Waals surface area contributed by atoms with Crippen LogP contribution in [0.25, 0.3) is 0 Å². The molecule has 0 spiro atoms. The van der Waals surface area contributed by atoms with Crippen molar-refractivity contribution in [3.05, 3.63) is 35.9 Å². The molecule has 1 heterocycles. The molecule has 1 aliphatic rings. The molecule has 1 atom stereocenters. The molecule has 0 aliphatic carbocycles. The van der Waals surface area contributed by atoms with Crippen LogP contribution in [0.3, 0.4) is 0 Å². The molecule has 1 aliphatic heterocycles. The summed E-state index contributed by atoms with van der Waals surface area (Å²) in [6.07, 6.45) is 2.29. The number of hydrogen-bond acceptors (Lipinski definition) is 3. The van der Waals surface area contributed by atoms with Crippen LogP contribution in [0, 0.1) is 0 Å². The zero-order chi connectivity index (χ0) is 14.1. The molecule has 1 unspecified atom stereocenters. The molecule has 0 saturated carbocycles. The molecule has 1 fully saturated rings. The van der Waals surface area contributed by atoms with E-state index < -0.39 is 0 Å². The fourth-order valence-electron chi connectivity index (χ4n) is 3.11. The van der Waals surface area contributed by atoms with E-state index in [2.05, 4.69) is 63.3 Å². The van der Waals surface area contributed by atoms with E-state index in [0.29, 0.717) is 6.04 Å². The maximum Gasteiger partial charge on any atom is 0.0454 e. The van der Waals surface area contributed by atoms with Crippen molar-refractivity contribution >= 4 is 0 Å². The maximum absolute atomic E-state index is 6.34. The molecule has 2 rings (SSSR count). The van der Waals surface area contributed by atoms with Gasteiger partial charge in [-0.3, -0.25) is 5.84 Å². The van der Waals surface area contributed by atoms with Gasteiger partial charge in [-0.05, 0) is 46.1 Å². The van der Waals surface area contributed by atoms with Crippen molar-refractivity contribution in [1.82, 2.24) is 10.3 Å². The van der Waals surface area contributed by atoms with Gasteiger partial charge in [-0.25, -0.2) is 5.01 Å². The number of hydrogen-bond donors (Lipinski definition) is 2. The molecule has 0 bridgehead atoms. The Balaban J connectivity index is 2.01. The lowest BCUT2D eigenvalue weighted by Crippen LogP contribution is -2.70. The lowest BCUT2D eigenvalue weighted by molar-refractivity contribution is -0.0504. The van der Waals surface area contributed by atoms with E-state index in [1.807, 2.05) is 5.01 Å².